The Kier molecular flexibility index (Phi) is 30.3. The predicted molar refractivity (Wildman–Crippen MR) is 182 cm³/mol. The van der Waals surface area contributed by atoms with Gasteiger partial charge in [0.15, 0.2) is 5.03 Å². The maximum atomic E-state index is 12.8. The summed E-state index contributed by atoms with van der Waals surface area (Å²) in [5.41, 5.74) is 1.75. The molecule has 2 amide bonds. The number of guanidine groups is 1. The van der Waals surface area contributed by atoms with Gasteiger partial charge in [0.05, 0.1) is 0 Å². The van der Waals surface area contributed by atoms with Crippen molar-refractivity contribution < 1.29 is 14.6 Å². The predicted octanol–water partition coefficient (Wildman–Crippen LogP) is 8.08. The number of hydrazine groups is 1. The Hall–Kier alpha value is -2.39. The monoisotopic (exact) mass is 625 g/mol. The van der Waals surface area contributed by atoms with Gasteiger partial charge >= 0.3 is 0 Å². The van der Waals surface area contributed by atoms with Gasteiger partial charge in [-0.05, 0) is 25.7 Å². The van der Waals surface area contributed by atoms with E-state index in [1.807, 2.05) is 0 Å². The maximum Gasteiger partial charge on any atom is 0.251 e. The molecule has 5 N–H and O–H groups in total. The first kappa shape index (κ1) is 41.6. The van der Waals surface area contributed by atoms with E-state index < -0.39 is 17.0 Å². The van der Waals surface area contributed by atoms with Gasteiger partial charge in [-0.15, -0.1) is 0 Å². The van der Waals surface area contributed by atoms with Crippen LogP contribution in [0.15, 0.2) is 0 Å². The van der Waals surface area contributed by atoms with Gasteiger partial charge in [-0.3, -0.25) is 15.0 Å². The first-order chi connectivity index (χ1) is 21.4. The number of nitro groups is 1. The standard InChI is InChI=1S/C34H68N6O4/c1-3-5-7-9-11-12-13-14-15-16-17-18-19-20-21-22-24-28-32(41)38-31(27-26-30-37-34(35)39-40(43)44)33(42)36-29-25-23-10-8-6-4-2/h31H,3-30H2,1-2H3,(H,36,42)(H,38,41)(H3,35,37,39)/t31-/m0/s1. The number of nitrogens with zero attached hydrogens (tertiary/aromatic N) is 1. The normalized spacial score (nSPS) is 11.6. The summed E-state index contributed by atoms with van der Waals surface area (Å²) < 4.78 is 0. The van der Waals surface area contributed by atoms with Crippen LogP contribution in [0.5, 0.6) is 0 Å². The van der Waals surface area contributed by atoms with Gasteiger partial charge in [0, 0.05) is 19.5 Å². The molecule has 0 radical (unpaired) electrons. The summed E-state index contributed by atoms with van der Waals surface area (Å²) in [7, 11) is 0. The Bertz CT molecular complexity index is 722. The Morgan fingerprint density at radius 3 is 1.48 bits per heavy atom. The molecule has 10 nitrogen and oxygen atoms in total. The Balaban J connectivity index is 4.07. The second-order valence-electron chi connectivity index (χ2n) is 12.4. The van der Waals surface area contributed by atoms with Crippen LogP contribution in [-0.2, 0) is 9.59 Å². The zero-order valence-corrected chi connectivity index (χ0v) is 28.5. The van der Waals surface area contributed by atoms with Crippen LogP contribution in [0.3, 0.4) is 0 Å². The highest BCUT2D eigenvalue weighted by molar-refractivity contribution is 5.87. The van der Waals surface area contributed by atoms with Crippen molar-refractivity contribution in [1.29, 1.82) is 5.41 Å². The summed E-state index contributed by atoms with van der Waals surface area (Å²) >= 11 is 0. The van der Waals surface area contributed by atoms with E-state index in [0.29, 0.717) is 25.8 Å². The number of rotatable bonds is 32. The molecule has 0 bridgehead atoms. The van der Waals surface area contributed by atoms with Gasteiger partial charge in [-0.25, -0.2) is 10.1 Å². The fourth-order valence-corrected chi connectivity index (χ4v) is 5.44. The lowest BCUT2D eigenvalue weighted by Crippen LogP contribution is -2.47. The lowest BCUT2D eigenvalue weighted by Gasteiger charge is -2.19. The lowest BCUT2D eigenvalue weighted by atomic mass is 10.0. The molecular formula is C34H68N6O4. The van der Waals surface area contributed by atoms with Crippen molar-refractivity contribution in [3.8, 4) is 0 Å². The number of hydrogen-bond acceptors (Lipinski definition) is 5. The topological polar surface area (TPSA) is 149 Å². The number of carbonyl (C=O) groups excluding carboxylic acids is 2. The summed E-state index contributed by atoms with van der Waals surface area (Å²) in [5.74, 6) is -0.698. The zero-order valence-electron chi connectivity index (χ0n) is 28.5. The quantitative estimate of drug-likeness (QED) is 0.0168. The van der Waals surface area contributed by atoms with Gasteiger partial charge in [-0.2, -0.15) is 0 Å². The smallest absolute Gasteiger partial charge is 0.251 e. The molecule has 0 rings (SSSR count). The fraction of sp³-hybridized carbons (Fsp3) is 0.912. The van der Waals surface area contributed by atoms with Crippen LogP contribution >= 0.6 is 0 Å². The van der Waals surface area contributed by atoms with Crippen LogP contribution in [0.4, 0.5) is 0 Å². The van der Waals surface area contributed by atoms with Crippen molar-refractivity contribution in [2.45, 2.75) is 187 Å². The van der Waals surface area contributed by atoms with Crippen LogP contribution in [0.2, 0.25) is 0 Å². The molecule has 0 aromatic rings. The van der Waals surface area contributed by atoms with Crippen LogP contribution in [0.25, 0.3) is 0 Å². The summed E-state index contributed by atoms with van der Waals surface area (Å²) in [5, 5.41) is 25.6. The molecule has 10 heteroatoms. The molecule has 1 atom stereocenters. The van der Waals surface area contributed by atoms with Crippen LogP contribution in [0, 0.1) is 15.5 Å². The van der Waals surface area contributed by atoms with Gasteiger partial charge in [0.25, 0.3) is 5.96 Å². The molecule has 0 aromatic heterocycles. The molecule has 0 aromatic carbocycles. The second-order valence-corrected chi connectivity index (χ2v) is 12.4. The summed E-state index contributed by atoms with van der Waals surface area (Å²) in [6.45, 7) is 5.33. The number of hydrogen-bond donors (Lipinski definition) is 5. The fourth-order valence-electron chi connectivity index (χ4n) is 5.44. The van der Waals surface area contributed by atoms with Crippen molar-refractivity contribution in [2.75, 3.05) is 13.1 Å². The molecule has 0 aliphatic carbocycles. The van der Waals surface area contributed by atoms with Gasteiger partial charge in [-0.1, -0.05) is 154 Å². The van der Waals surface area contributed by atoms with Crippen molar-refractivity contribution >= 4 is 17.8 Å². The number of amides is 2. The number of unbranched alkanes of at least 4 members (excludes halogenated alkanes) is 21. The number of carbonyl (C=O) groups is 2. The van der Waals surface area contributed by atoms with E-state index in [4.69, 9.17) is 5.41 Å². The Morgan fingerprint density at radius 2 is 1.02 bits per heavy atom. The molecule has 0 saturated heterocycles. The Labute approximate surface area is 269 Å². The van der Waals surface area contributed by atoms with E-state index in [1.165, 1.54) is 116 Å². The molecule has 0 heterocycles. The highest BCUT2D eigenvalue weighted by Crippen LogP contribution is 2.14. The average molecular weight is 625 g/mol. The van der Waals surface area contributed by atoms with Gasteiger partial charge in [0.1, 0.15) is 6.04 Å². The average Bonchev–Trinajstić information content (AvgIpc) is 2.99. The third-order valence-electron chi connectivity index (χ3n) is 8.16. The minimum Gasteiger partial charge on any atom is -0.354 e. The molecule has 0 saturated carbocycles. The molecule has 0 aliphatic heterocycles. The van der Waals surface area contributed by atoms with Crippen LogP contribution in [0.1, 0.15) is 181 Å². The van der Waals surface area contributed by atoms with E-state index in [-0.39, 0.29) is 18.4 Å². The van der Waals surface area contributed by atoms with E-state index in [2.05, 4.69) is 29.8 Å². The lowest BCUT2D eigenvalue weighted by molar-refractivity contribution is -0.525. The molecule has 258 valence electrons. The van der Waals surface area contributed by atoms with Crippen molar-refractivity contribution in [2.24, 2.45) is 0 Å². The zero-order chi connectivity index (χ0) is 32.5. The third kappa shape index (κ3) is 29.7. The molecule has 0 aliphatic rings. The Morgan fingerprint density at radius 1 is 0.614 bits per heavy atom. The van der Waals surface area contributed by atoms with E-state index >= 15 is 0 Å². The van der Waals surface area contributed by atoms with Crippen LogP contribution in [-0.4, -0.2) is 41.9 Å². The number of nitrogens with one attached hydrogen (secondary N) is 5. The van der Waals surface area contributed by atoms with Gasteiger partial charge < -0.3 is 16.0 Å². The minimum atomic E-state index is -0.798. The molecule has 0 spiro atoms. The largest absolute Gasteiger partial charge is 0.354 e. The first-order valence-electron chi connectivity index (χ1n) is 18.2. The summed E-state index contributed by atoms with van der Waals surface area (Å²) in [6, 6.07) is -0.646. The highest BCUT2D eigenvalue weighted by atomic mass is 16.7. The van der Waals surface area contributed by atoms with Crippen molar-refractivity contribution in [3.05, 3.63) is 10.1 Å². The molecular weight excluding hydrogens is 556 g/mol. The van der Waals surface area contributed by atoms with Crippen molar-refractivity contribution in [1.82, 2.24) is 21.4 Å². The van der Waals surface area contributed by atoms with E-state index in [9.17, 15) is 19.7 Å². The summed E-state index contributed by atoms with van der Waals surface area (Å²) in [6.07, 6.45) is 30.1. The highest BCUT2D eigenvalue weighted by Gasteiger charge is 2.20. The van der Waals surface area contributed by atoms with E-state index in [0.717, 1.165) is 32.1 Å². The minimum absolute atomic E-state index is 0.110. The molecule has 0 unspecified atom stereocenters. The maximum absolute atomic E-state index is 12.8. The van der Waals surface area contributed by atoms with Crippen molar-refractivity contribution in [3.63, 3.8) is 0 Å². The van der Waals surface area contributed by atoms with E-state index in [1.54, 1.807) is 5.43 Å². The molecule has 44 heavy (non-hydrogen) atoms. The molecule has 0 fully saturated rings. The van der Waals surface area contributed by atoms with Gasteiger partial charge in [0.2, 0.25) is 11.8 Å². The first-order valence-corrected chi connectivity index (χ1v) is 18.2. The third-order valence-corrected chi connectivity index (χ3v) is 8.16. The SMILES string of the molecule is CCCCCCCCCCCCCCCCCCCC(=O)N[C@@H](CCCNC(=N)N[N+](=O)[O-])C(=O)NCCCCCCCC. The van der Waals surface area contributed by atoms with Crippen LogP contribution < -0.4 is 21.4 Å². The summed E-state index contributed by atoms with van der Waals surface area (Å²) in [4.78, 5) is 35.9. The second kappa shape index (κ2) is 32.0.